The third-order valence-corrected chi connectivity index (χ3v) is 2.83. The number of hydrogen-bond acceptors (Lipinski definition) is 5. The van der Waals surface area contributed by atoms with Gasteiger partial charge >= 0.3 is 5.97 Å². The first-order chi connectivity index (χ1) is 9.56. The van der Waals surface area contributed by atoms with Crippen molar-refractivity contribution in [1.82, 2.24) is 0 Å². The maximum atomic E-state index is 11.6. The molecular formula is C15H21NO4. The van der Waals surface area contributed by atoms with Crippen molar-refractivity contribution in [3.8, 4) is 5.75 Å². The zero-order valence-corrected chi connectivity index (χ0v) is 12.2. The van der Waals surface area contributed by atoms with Gasteiger partial charge in [-0.05, 0) is 50.8 Å². The normalized spacial score (nSPS) is 12.0. The van der Waals surface area contributed by atoms with Crippen molar-refractivity contribution in [3.05, 3.63) is 34.7 Å². The van der Waals surface area contributed by atoms with E-state index in [4.69, 9.17) is 9.47 Å². The van der Waals surface area contributed by atoms with Crippen molar-refractivity contribution < 1.29 is 14.3 Å². The number of esters is 1. The lowest BCUT2D eigenvalue weighted by molar-refractivity contribution is -0.149. The van der Waals surface area contributed by atoms with E-state index in [0.29, 0.717) is 12.8 Å². The van der Waals surface area contributed by atoms with Crippen LogP contribution < -0.4 is 4.74 Å². The molecular weight excluding hydrogens is 258 g/mol. The second kappa shape index (κ2) is 8.30. The van der Waals surface area contributed by atoms with Crippen LogP contribution in [-0.4, -0.2) is 25.2 Å². The average Bonchev–Trinajstić information content (AvgIpc) is 2.43. The fraction of sp³-hybridized carbons (Fsp3) is 0.533. The van der Waals surface area contributed by atoms with Gasteiger partial charge in [-0.25, -0.2) is 4.79 Å². The standard InChI is InChI=1S/C15H21NO4/c1-11(2)20-15(17)14(16-18)9-5-7-12-6-4-8-13(10-12)19-3/h4,6,8,10-11,14H,5,7,9H2,1-3H3. The second-order valence-corrected chi connectivity index (χ2v) is 4.85. The van der Waals surface area contributed by atoms with Crippen molar-refractivity contribution in [1.29, 1.82) is 0 Å². The number of nitrogens with zero attached hydrogens (tertiary/aromatic N) is 1. The predicted octanol–water partition coefficient (Wildman–Crippen LogP) is 3.10. The van der Waals surface area contributed by atoms with Gasteiger partial charge in [-0.15, -0.1) is 4.91 Å². The van der Waals surface area contributed by atoms with Crippen molar-refractivity contribution >= 4 is 5.97 Å². The van der Waals surface area contributed by atoms with Crippen molar-refractivity contribution in [3.63, 3.8) is 0 Å². The smallest absolute Gasteiger partial charge is 0.334 e. The average molecular weight is 279 g/mol. The fourth-order valence-corrected chi connectivity index (χ4v) is 1.85. The molecule has 1 aromatic rings. The number of carbonyl (C=O) groups excluding carboxylic acids is 1. The number of carbonyl (C=O) groups is 1. The van der Waals surface area contributed by atoms with Crippen LogP contribution in [0.5, 0.6) is 5.75 Å². The number of nitroso groups, excluding NO2 is 1. The van der Waals surface area contributed by atoms with Gasteiger partial charge in [-0.2, -0.15) is 0 Å². The van der Waals surface area contributed by atoms with Crippen molar-refractivity contribution in [2.24, 2.45) is 5.18 Å². The summed E-state index contributed by atoms with van der Waals surface area (Å²) in [5.41, 5.74) is 1.10. The van der Waals surface area contributed by atoms with E-state index in [0.717, 1.165) is 17.7 Å². The molecule has 0 spiro atoms. The summed E-state index contributed by atoms with van der Waals surface area (Å²) < 4.78 is 10.1. The SMILES string of the molecule is COc1cccc(CCCC(N=O)C(=O)OC(C)C)c1. The Kier molecular flexibility index (Phi) is 6.70. The largest absolute Gasteiger partial charge is 0.497 e. The molecule has 0 N–H and O–H groups in total. The molecule has 0 aromatic heterocycles. The highest BCUT2D eigenvalue weighted by Gasteiger charge is 2.21. The molecule has 1 rings (SSSR count). The number of rotatable bonds is 8. The Bertz CT molecular complexity index is 445. The van der Waals surface area contributed by atoms with Crippen LogP contribution in [-0.2, 0) is 16.0 Å². The third kappa shape index (κ3) is 5.38. The molecule has 0 heterocycles. The maximum Gasteiger partial charge on any atom is 0.334 e. The Hall–Kier alpha value is -1.91. The molecule has 0 radical (unpaired) electrons. The van der Waals surface area contributed by atoms with E-state index in [2.05, 4.69) is 5.18 Å². The molecule has 20 heavy (non-hydrogen) atoms. The zero-order valence-electron chi connectivity index (χ0n) is 12.2. The van der Waals surface area contributed by atoms with E-state index in [1.165, 1.54) is 0 Å². The molecule has 1 aromatic carbocycles. The Balaban J connectivity index is 2.44. The highest BCUT2D eigenvalue weighted by atomic mass is 16.5. The van der Waals surface area contributed by atoms with Gasteiger partial charge in [-0.3, -0.25) is 0 Å². The first kappa shape index (κ1) is 16.1. The van der Waals surface area contributed by atoms with E-state index >= 15 is 0 Å². The highest BCUT2D eigenvalue weighted by molar-refractivity contribution is 5.76. The van der Waals surface area contributed by atoms with Crippen molar-refractivity contribution in [2.75, 3.05) is 7.11 Å². The number of aryl methyl sites for hydroxylation is 1. The predicted molar refractivity (Wildman–Crippen MR) is 76.7 cm³/mol. The molecule has 0 saturated heterocycles. The van der Waals surface area contributed by atoms with E-state index < -0.39 is 12.0 Å². The van der Waals surface area contributed by atoms with Gasteiger partial charge in [0.1, 0.15) is 5.75 Å². The topological polar surface area (TPSA) is 65.0 Å². The summed E-state index contributed by atoms with van der Waals surface area (Å²) in [5.74, 6) is 0.257. The van der Waals surface area contributed by atoms with Crippen LogP contribution in [0.2, 0.25) is 0 Å². The summed E-state index contributed by atoms with van der Waals surface area (Å²) in [4.78, 5) is 22.3. The second-order valence-electron chi connectivity index (χ2n) is 4.85. The maximum absolute atomic E-state index is 11.6. The molecule has 0 aliphatic carbocycles. The fourth-order valence-electron chi connectivity index (χ4n) is 1.85. The Morgan fingerprint density at radius 3 is 2.70 bits per heavy atom. The molecule has 0 bridgehead atoms. The van der Waals surface area contributed by atoms with Gasteiger partial charge in [0, 0.05) is 0 Å². The van der Waals surface area contributed by atoms with Crippen LogP contribution in [0.15, 0.2) is 29.4 Å². The van der Waals surface area contributed by atoms with Crippen LogP contribution >= 0.6 is 0 Å². The molecule has 0 saturated carbocycles. The van der Waals surface area contributed by atoms with Gasteiger partial charge in [0.2, 0.25) is 0 Å². The summed E-state index contributed by atoms with van der Waals surface area (Å²) in [6.45, 7) is 3.49. The molecule has 0 amide bonds. The van der Waals surface area contributed by atoms with Crippen LogP contribution in [0, 0.1) is 4.91 Å². The minimum Gasteiger partial charge on any atom is -0.497 e. The number of ether oxygens (including phenoxy) is 2. The van der Waals surface area contributed by atoms with Crippen LogP contribution in [0.4, 0.5) is 0 Å². The number of benzene rings is 1. The summed E-state index contributed by atoms with van der Waals surface area (Å²) >= 11 is 0. The number of methoxy groups -OCH3 is 1. The quantitative estimate of drug-likeness (QED) is 0.541. The first-order valence-electron chi connectivity index (χ1n) is 6.72. The first-order valence-corrected chi connectivity index (χ1v) is 6.72. The molecule has 5 nitrogen and oxygen atoms in total. The van der Waals surface area contributed by atoms with Crippen LogP contribution in [0.1, 0.15) is 32.3 Å². The Labute approximate surface area is 119 Å². The van der Waals surface area contributed by atoms with Gasteiger partial charge in [0.25, 0.3) is 0 Å². The summed E-state index contributed by atoms with van der Waals surface area (Å²) in [5, 5.41) is 2.86. The van der Waals surface area contributed by atoms with Gasteiger partial charge in [0.05, 0.1) is 13.2 Å². The molecule has 5 heteroatoms. The molecule has 0 fully saturated rings. The Morgan fingerprint density at radius 2 is 2.10 bits per heavy atom. The lowest BCUT2D eigenvalue weighted by Crippen LogP contribution is -2.24. The molecule has 1 unspecified atom stereocenters. The summed E-state index contributed by atoms with van der Waals surface area (Å²) in [7, 11) is 1.62. The minimum absolute atomic E-state index is 0.231. The molecule has 110 valence electrons. The zero-order chi connectivity index (χ0) is 15.0. The van der Waals surface area contributed by atoms with Crippen LogP contribution in [0.25, 0.3) is 0 Å². The van der Waals surface area contributed by atoms with E-state index in [-0.39, 0.29) is 6.10 Å². The third-order valence-electron chi connectivity index (χ3n) is 2.83. The summed E-state index contributed by atoms with van der Waals surface area (Å²) in [6, 6.07) is 6.80. The van der Waals surface area contributed by atoms with Crippen molar-refractivity contribution in [2.45, 2.75) is 45.3 Å². The molecule has 0 aliphatic heterocycles. The molecule has 1 atom stereocenters. The molecule has 0 aliphatic rings. The highest BCUT2D eigenvalue weighted by Crippen LogP contribution is 2.16. The van der Waals surface area contributed by atoms with E-state index in [1.54, 1.807) is 21.0 Å². The van der Waals surface area contributed by atoms with E-state index in [1.807, 2.05) is 24.3 Å². The lowest BCUT2D eigenvalue weighted by atomic mass is 10.0. The van der Waals surface area contributed by atoms with Gasteiger partial charge in [0.15, 0.2) is 6.04 Å². The van der Waals surface area contributed by atoms with Gasteiger partial charge < -0.3 is 9.47 Å². The van der Waals surface area contributed by atoms with Gasteiger partial charge in [-0.1, -0.05) is 17.3 Å². The monoisotopic (exact) mass is 279 g/mol. The minimum atomic E-state index is -0.914. The van der Waals surface area contributed by atoms with Crippen LogP contribution in [0.3, 0.4) is 0 Å². The summed E-state index contributed by atoms with van der Waals surface area (Å²) in [6.07, 6.45) is 1.62. The lowest BCUT2D eigenvalue weighted by Gasteiger charge is -2.12. The Morgan fingerprint density at radius 1 is 1.35 bits per heavy atom. The number of hydrogen-bond donors (Lipinski definition) is 0. The van der Waals surface area contributed by atoms with E-state index in [9.17, 15) is 9.70 Å².